The Morgan fingerprint density at radius 1 is 1.21 bits per heavy atom. The van der Waals surface area contributed by atoms with E-state index in [1.165, 1.54) is 23.0 Å². The number of amides is 4. The second kappa shape index (κ2) is 13.2. The Kier molecular flexibility index (Phi) is 9.89. The Morgan fingerprint density at radius 3 is 2.50 bits per heavy atom. The number of anilines is 1. The van der Waals surface area contributed by atoms with E-state index in [4.69, 9.17) is 27.9 Å². The van der Waals surface area contributed by atoms with Crippen LogP contribution in [0.4, 0.5) is 9.93 Å². The first kappa shape index (κ1) is 31.4. The molecule has 13 nitrogen and oxygen atoms in total. The fourth-order valence-corrected chi connectivity index (χ4v) is 6.21. The Morgan fingerprint density at radius 2 is 1.90 bits per heavy atom. The largest absolute Gasteiger partial charge is 0.489 e. The third-order valence-corrected chi connectivity index (χ3v) is 8.51. The second-order valence-electron chi connectivity index (χ2n) is 9.41. The molecule has 0 radical (unpaired) electrons. The standard InChI is InChI=1S/C25H26Cl2N6O7S2/c1-42(38,39)11-6-18(21(34)32-37)33-9-7-25(22(33)35,31-23(36)30-24-28-8-10-41-24)16-2-4-17(5-3-16)40-14-15-12-19(26)29-20(27)13-15/h2-5,8,10,12-13,18,37H,6-7,9,11,14H2,1H3,(H,32,34)(H2,28,30,31,36). The van der Waals surface area contributed by atoms with Gasteiger partial charge in [0.1, 0.15) is 44.1 Å². The maximum atomic E-state index is 14.0. The molecule has 4 N–H and O–H groups in total. The number of urea groups is 1. The van der Waals surface area contributed by atoms with Gasteiger partial charge in [-0.1, -0.05) is 35.3 Å². The molecule has 0 spiro atoms. The highest BCUT2D eigenvalue weighted by Crippen LogP contribution is 2.36. The molecule has 3 heterocycles. The lowest BCUT2D eigenvalue weighted by Crippen LogP contribution is -2.56. The molecule has 1 saturated heterocycles. The number of thiazole rings is 1. The lowest BCUT2D eigenvalue weighted by molar-refractivity contribution is -0.144. The summed E-state index contributed by atoms with van der Waals surface area (Å²) >= 11 is 13.1. The first-order valence-corrected chi connectivity index (χ1v) is 16.1. The molecule has 224 valence electrons. The summed E-state index contributed by atoms with van der Waals surface area (Å²) in [5, 5.41) is 17.0. The number of nitrogens with zero attached hydrogens (tertiary/aromatic N) is 3. The highest BCUT2D eigenvalue weighted by atomic mass is 35.5. The number of pyridine rings is 1. The third kappa shape index (κ3) is 7.66. The van der Waals surface area contributed by atoms with Gasteiger partial charge in [0.05, 0.1) is 5.75 Å². The second-order valence-corrected chi connectivity index (χ2v) is 13.3. The maximum absolute atomic E-state index is 14.0. The number of benzene rings is 1. The van der Waals surface area contributed by atoms with Crippen LogP contribution in [0.3, 0.4) is 0 Å². The van der Waals surface area contributed by atoms with Gasteiger partial charge in [-0.3, -0.25) is 20.1 Å². The summed E-state index contributed by atoms with van der Waals surface area (Å²) in [6.07, 6.45) is 2.29. The van der Waals surface area contributed by atoms with E-state index in [9.17, 15) is 28.0 Å². The summed E-state index contributed by atoms with van der Waals surface area (Å²) in [4.78, 5) is 48.6. The van der Waals surface area contributed by atoms with E-state index in [0.717, 1.165) is 11.2 Å². The molecule has 4 rings (SSSR count). The van der Waals surface area contributed by atoms with E-state index in [2.05, 4.69) is 20.6 Å². The molecule has 1 fully saturated rings. The van der Waals surface area contributed by atoms with Crippen LogP contribution in [0.2, 0.25) is 10.3 Å². The van der Waals surface area contributed by atoms with E-state index in [1.54, 1.807) is 41.8 Å². The zero-order chi connectivity index (χ0) is 30.5. The highest BCUT2D eigenvalue weighted by Gasteiger charge is 2.52. The normalized spacial score (nSPS) is 17.5. The Bertz CT molecular complexity index is 1540. The highest BCUT2D eigenvalue weighted by molar-refractivity contribution is 7.90. The summed E-state index contributed by atoms with van der Waals surface area (Å²) in [5.41, 5.74) is 0.945. The van der Waals surface area contributed by atoms with E-state index in [1.807, 2.05) is 0 Å². The molecule has 0 aliphatic carbocycles. The van der Waals surface area contributed by atoms with E-state index >= 15 is 0 Å². The molecule has 4 amide bonds. The van der Waals surface area contributed by atoms with Crippen LogP contribution in [0.15, 0.2) is 48.0 Å². The van der Waals surface area contributed by atoms with Gasteiger partial charge >= 0.3 is 6.03 Å². The van der Waals surface area contributed by atoms with Gasteiger partial charge in [-0.15, -0.1) is 11.3 Å². The first-order chi connectivity index (χ1) is 19.9. The number of aromatic nitrogens is 2. The van der Waals surface area contributed by atoms with Crippen molar-refractivity contribution in [1.29, 1.82) is 0 Å². The lowest BCUT2D eigenvalue weighted by Gasteiger charge is -2.32. The van der Waals surface area contributed by atoms with Crippen molar-refractivity contribution in [3.63, 3.8) is 0 Å². The van der Waals surface area contributed by atoms with E-state index in [-0.39, 0.29) is 36.3 Å². The molecule has 0 bridgehead atoms. The fourth-order valence-electron chi connectivity index (χ4n) is 4.53. The molecule has 2 atom stereocenters. The molecule has 0 saturated carbocycles. The van der Waals surface area contributed by atoms with Gasteiger partial charge in [-0.2, -0.15) is 0 Å². The molecule has 17 heteroatoms. The summed E-state index contributed by atoms with van der Waals surface area (Å²) in [6.45, 7) is 0.117. The first-order valence-electron chi connectivity index (χ1n) is 12.4. The van der Waals surface area contributed by atoms with Crippen molar-refractivity contribution in [2.75, 3.05) is 23.9 Å². The molecule has 1 aromatic carbocycles. The van der Waals surface area contributed by atoms with Crippen molar-refractivity contribution < 1.29 is 32.7 Å². The molecular weight excluding hydrogens is 631 g/mol. The van der Waals surface area contributed by atoms with Gasteiger partial charge in [-0.25, -0.2) is 28.7 Å². The van der Waals surface area contributed by atoms with Crippen LogP contribution < -0.4 is 20.9 Å². The molecule has 42 heavy (non-hydrogen) atoms. The number of carbonyl (C=O) groups is 3. The Hall–Kier alpha value is -3.50. The lowest BCUT2D eigenvalue weighted by atomic mass is 9.88. The Labute approximate surface area is 255 Å². The van der Waals surface area contributed by atoms with Gasteiger partial charge in [0.25, 0.3) is 11.8 Å². The van der Waals surface area contributed by atoms with Crippen LogP contribution in [0.1, 0.15) is 24.0 Å². The van der Waals surface area contributed by atoms with Crippen LogP contribution in [0.25, 0.3) is 0 Å². The molecule has 2 unspecified atom stereocenters. The van der Waals surface area contributed by atoms with Gasteiger partial charge in [0.2, 0.25) is 0 Å². The average Bonchev–Trinajstić information content (AvgIpc) is 3.55. The van der Waals surface area contributed by atoms with E-state index < -0.39 is 45.0 Å². The number of rotatable bonds is 11. The minimum absolute atomic E-state index is 0.0139. The third-order valence-electron chi connectivity index (χ3n) is 6.46. The van der Waals surface area contributed by atoms with Crippen LogP contribution >= 0.6 is 34.5 Å². The van der Waals surface area contributed by atoms with Crippen molar-refractivity contribution in [3.8, 4) is 5.75 Å². The zero-order valence-electron chi connectivity index (χ0n) is 22.0. The minimum atomic E-state index is -3.49. The molecule has 1 aliphatic heterocycles. The van der Waals surface area contributed by atoms with Crippen LogP contribution in [0, 0.1) is 0 Å². The zero-order valence-corrected chi connectivity index (χ0v) is 25.2. The average molecular weight is 658 g/mol. The number of hydrogen-bond acceptors (Lipinski definition) is 10. The van der Waals surface area contributed by atoms with Gasteiger partial charge in [0.15, 0.2) is 5.13 Å². The maximum Gasteiger partial charge on any atom is 0.322 e. The summed E-state index contributed by atoms with van der Waals surface area (Å²) in [7, 11) is -3.49. The predicted molar refractivity (Wildman–Crippen MR) is 155 cm³/mol. The number of carbonyl (C=O) groups excluding carboxylic acids is 3. The smallest absolute Gasteiger partial charge is 0.322 e. The number of sulfone groups is 1. The van der Waals surface area contributed by atoms with Gasteiger partial charge < -0.3 is 15.0 Å². The minimum Gasteiger partial charge on any atom is -0.489 e. The number of likely N-dealkylation sites (tertiary alicyclic amines) is 1. The summed E-state index contributed by atoms with van der Waals surface area (Å²) < 4.78 is 29.4. The number of nitrogens with one attached hydrogen (secondary N) is 3. The summed E-state index contributed by atoms with van der Waals surface area (Å²) in [6, 6.07) is 7.62. The summed E-state index contributed by atoms with van der Waals surface area (Å²) in [5.74, 6) is -1.57. The quantitative estimate of drug-likeness (QED) is 0.137. The molecule has 1 aliphatic rings. The number of ether oxygens (including phenoxy) is 1. The monoisotopic (exact) mass is 656 g/mol. The van der Waals surface area contributed by atoms with Crippen LogP contribution in [-0.4, -0.2) is 70.9 Å². The number of halogens is 2. The van der Waals surface area contributed by atoms with Crippen LogP contribution in [-0.2, 0) is 31.6 Å². The van der Waals surface area contributed by atoms with Crippen molar-refractivity contribution in [3.05, 3.63) is 69.4 Å². The van der Waals surface area contributed by atoms with Crippen molar-refractivity contribution in [2.45, 2.75) is 31.0 Å². The fraction of sp³-hybridized carbons (Fsp3) is 0.320. The van der Waals surface area contributed by atoms with E-state index in [0.29, 0.717) is 22.0 Å². The number of hydrogen-bond donors (Lipinski definition) is 4. The predicted octanol–water partition coefficient (Wildman–Crippen LogP) is 2.98. The van der Waals surface area contributed by atoms with Gasteiger partial charge in [0, 0.05) is 30.8 Å². The van der Waals surface area contributed by atoms with Crippen molar-refractivity contribution in [1.82, 2.24) is 25.7 Å². The molecular formula is C25H26Cl2N6O7S2. The number of hydroxylamine groups is 1. The molecule has 3 aromatic rings. The van der Waals surface area contributed by atoms with Gasteiger partial charge in [-0.05, 0) is 41.8 Å². The Balaban J connectivity index is 1.61. The van der Waals surface area contributed by atoms with Crippen molar-refractivity contribution >= 4 is 67.4 Å². The SMILES string of the molecule is CS(=O)(=O)CCC(C(=O)NO)N1CCC(NC(=O)Nc2nccs2)(c2ccc(OCc3cc(Cl)nc(Cl)c3)cc2)C1=O. The topological polar surface area (TPSA) is 180 Å². The van der Waals surface area contributed by atoms with Crippen LogP contribution in [0.5, 0.6) is 5.75 Å². The van der Waals surface area contributed by atoms with Crippen molar-refractivity contribution in [2.24, 2.45) is 0 Å². The molecule has 2 aromatic heterocycles.